The zero-order valence-corrected chi connectivity index (χ0v) is 13.1. The fraction of sp³-hybridized carbons (Fsp3) is 0.733. The molecule has 1 atom stereocenters. The normalized spacial score (nSPS) is 19.7. The highest BCUT2D eigenvalue weighted by Crippen LogP contribution is 2.27. The number of hydrogen-bond acceptors (Lipinski definition) is 4. The zero-order chi connectivity index (χ0) is 15.4. The van der Waals surface area contributed by atoms with Gasteiger partial charge in [-0.1, -0.05) is 0 Å². The van der Waals surface area contributed by atoms with Gasteiger partial charge in [-0.2, -0.15) is 5.10 Å². The number of methoxy groups -OCH3 is 1. The first-order valence-corrected chi connectivity index (χ1v) is 7.52. The van der Waals surface area contributed by atoms with Crippen molar-refractivity contribution in [2.75, 3.05) is 20.2 Å². The topological polar surface area (TPSA) is 67.6 Å². The van der Waals surface area contributed by atoms with Gasteiger partial charge in [-0.3, -0.25) is 9.69 Å². The highest BCUT2D eigenvalue weighted by Gasteiger charge is 2.23. The largest absolute Gasteiger partial charge is 0.481 e. The van der Waals surface area contributed by atoms with Gasteiger partial charge in [-0.05, 0) is 38.6 Å². The second-order valence-corrected chi connectivity index (χ2v) is 5.87. The smallest absolute Gasteiger partial charge is 0.303 e. The fourth-order valence-electron chi connectivity index (χ4n) is 3.20. The van der Waals surface area contributed by atoms with Gasteiger partial charge in [0.2, 0.25) is 5.88 Å². The number of likely N-dealkylation sites (tertiary alicyclic amines) is 1. The van der Waals surface area contributed by atoms with Crippen molar-refractivity contribution in [2.45, 2.75) is 39.2 Å². The van der Waals surface area contributed by atoms with E-state index in [1.807, 2.05) is 14.0 Å². The molecule has 2 heterocycles. The molecule has 1 saturated heterocycles. The van der Waals surface area contributed by atoms with Gasteiger partial charge in [0, 0.05) is 26.6 Å². The van der Waals surface area contributed by atoms with Crippen molar-refractivity contribution in [2.24, 2.45) is 13.0 Å². The molecule has 21 heavy (non-hydrogen) atoms. The van der Waals surface area contributed by atoms with Crippen LogP contribution in [0.1, 0.15) is 36.9 Å². The van der Waals surface area contributed by atoms with Crippen LogP contribution in [-0.4, -0.2) is 46.0 Å². The molecule has 0 spiro atoms. The van der Waals surface area contributed by atoms with E-state index in [2.05, 4.69) is 10.00 Å². The molecule has 118 valence electrons. The maximum atomic E-state index is 10.7. The molecule has 6 heteroatoms. The molecule has 0 radical (unpaired) electrons. The first-order chi connectivity index (χ1) is 10.0. The highest BCUT2D eigenvalue weighted by molar-refractivity contribution is 5.66. The summed E-state index contributed by atoms with van der Waals surface area (Å²) in [5.41, 5.74) is 2.14. The fourth-order valence-corrected chi connectivity index (χ4v) is 3.20. The molecule has 0 saturated carbocycles. The summed E-state index contributed by atoms with van der Waals surface area (Å²) >= 11 is 0. The van der Waals surface area contributed by atoms with Crippen molar-refractivity contribution in [1.82, 2.24) is 14.7 Å². The van der Waals surface area contributed by atoms with Crippen LogP contribution in [0.25, 0.3) is 0 Å². The van der Waals surface area contributed by atoms with E-state index in [4.69, 9.17) is 9.84 Å². The van der Waals surface area contributed by atoms with Crippen LogP contribution in [0.4, 0.5) is 0 Å². The van der Waals surface area contributed by atoms with Crippen LogP contribution in [0.2, 0.25) is 0 Å². The Kier molecular flexibility index (Phi) is 5.22. The summed E-state index contributed by atoms with van der Waals surface area (Å²) in [6, 6.07) is 0. The number of hydrogen-bond donors (Lipinski definition) is 1. The lowest BCUT2D eigenvalue weighted by Crippen LogP contribution is -2.35. The first-order valence-electron chi connectivity index (χ1n) is 7.52. The number of aromatic nitrogens is 2. The van der Waals surface area contributed by atoms with Crippen LogP contribution in [0, 0.1) is 12.8 Å². The molecule has 1 aliphatic rings. The number of ether oxygens (including phenoxy) is 1. The van der Waals surface area contributed by atoms with Crippen LogP contribution < -0.4 is 4.74 Å². The molecule has 0 bridgehead atoms. The molecule has 6 nitrogen and oxygen atoms in total. The Labute approximate surface area is 125 Å². The van der Waals surface area contributed by atoms with E-state index >= 15 is 0 Å². The van der Waals surface area contributed by atoms with E-state index in [9.17, 15) is 4.79 Å². The molecule has 1 aromatic heterocycles. The van der Waals surface area contributed by atoms with Crippen molar-refractivity contribution < 1.29 is 14.6 Å². The van der Waals surface area contributed by atoms with Crippen LogP contribution in [0.3, 0.4) is 0 Å². The van der Waals surface area contributed by atoms with Gasteiger partial charge in [0.1, 0.15) is 0 Å². The van der Waals surface area contributed by atoms with Crippen molar-refractivity contribution in [3.63, 3.8) is 0 Å². The maximum Gasteiger partial charge on any atom is 0.303 e. The summed E-state index contributed by atoms with van der Waals surface area (Å²) in [7, 11) is 3.56. The maximum absolute atomic E-state index is 10.7. The molecule has 1 aromatic rings. The number of carboxylic acid groups (broad SMARTS) is 1. The van der Waals surface area contributed by atoms with Crippen molar-refractivity contribution in [3.05, 3.63) is 11.3 Å². The lowest BCUT2D eigenvalue weighted by molar-refractivity contribution is -0.137. The Bertz CT molecular complexity index is 499. The third-order valence-electron chi connectivity index (χ3n) is 4.23. The van der Waals surface area contributed by atoms with Gasteiger partial charge in [0.15, 0.2) is 0 Å². The number of piperidine rings is 1. The highest BCUT2D eigenvalue weighted by atomic mass is 16.5. The monoisotopic (exact) mass is 295 g/mol. The lowest BCUT2D eigenvalue weighted by Gasteiger charge is -2.32. The summed E-state index contributed by atoms with van der Waals surface area (Å²) in [6.07, 6.45) is 3.31. The predicted octanol–water partition coefficient (Wildman–Crippen LogP) is 1.81. The van der Waals surface area contributed by atoms with Gasteiger partial charge in [-0.15, -0.1) is 0 Å². The van der Waals surface area contributed by atoms with Crippen LogP contribution in [0.5, 0.6) is 5.88 Å². The third-order valence-corrected chi connectivity index (χ3v) is 4.23. The molecular weight excluding hydrogens is 270 g/mol. The Morgan fingerprint density at radius 3 is 2.95 bits per heavy atom. The van der Waals surface area contributed by atoms with Crippen LogP contribution >= 0.6 is 0 Å². The third kappa shape index (κ3) is 3.97. The number of carboxylic acids is 1. The summed E-state index contributed by atoms with van der Waals surface area (Å²) in [5.74, 6) is 0.606. The quantitative estimate of drug-likeness (QED) is 0.867. The minimum Gasteiger partial charge on any atom is -0.481 e. The average Bonchev–Trinajstić information content (AvgIpc) is 2.71. The minimum absolute atomic E-state index is 0.272. The SMILES string of the molecule is COc1c(CN2CCCC(CCC(=O)O)C2)c(C)nn1C. The number of rotatable bonds is 6. The van der Waals surface area contributed by atoms with Crippen LogP contribution in [-0.2, 0) is 18.4 Å². The van der Waals surface area contributed by atoms with Crippen molar-refractivity contribution in [3.8, 4) is 5.88 Å². The molecule has 1 N–H and O–H groups in total. The standard InChI is InChI=1S/C15H25N3O3/c1-11-13(15(21-3)17(2)16-11)10-18-8-4-5-12(9-18)6-7-14(19)20/h12H,4-10H2,1-3H3,(H,19,20). The lowest BCUT2D eigenvalue weighted by atomic mass is 9.93. The molecule has 2 rings (SSSR count). The number of aliphatic carboxylic acids is 1. The summed E-state index contributed by atoms with van der Waals surface area (Å²) in [6.45, 7) is 4.85. The van der Waals surface area contributed by atoms with E-state index in [0.717, 1.165) is 56.0 Å². The average molecular weight is 295 g/mol. The molecule has 0 aromatic carbocycles. The van der Waals surface area contributed by atoms with Gasteiger partial charge < -0.3 is 9.84 Å². The molecule has 1 aliphatic heterocycles. The van der Waals surface area contributed by atoms with E-state index < -0.39 is 5.97 Å². The minimum atomic E-state index is -0.697. The van der Waals surface area contributed by atoms with Crippen molar-refractivity contribution in [1.29, 1.82) is 0 Å². The number of nitrogens with zero attached hydrogens (tertiary/aromatic N) is 3. The van der Waals surface area contributed by atoms with E-state index in [1.165, 1.54) is 0 Å². The van der Waals surface area contributed by atoms with E-state index in [0.29, 0.717) is 5.92 Å². The Balaban J connectivity index is 1.98. The summed E-state index contributed by atoms with van der Waals surface area (Å²) < 4.78 is 7.21. The zero-order valence-electron chi connectivity index (χ0n) is 13.1. The Morgan fingerprint density at radius 2 is 2.29 bits per heavy atom. The summed E-state index contributed by atoms with van der Waals surface area (Å²) in [5, 5.41) is 13.2. The van der Waals surface area contributed by atoms with Gasteiger partial charge >= 0.3 is 5.97 Å². The molecular formula is C15H25N3O3. The second-order valence-electron chi connectivity index (χ2n) is 5.87. The van der Waals surface area contributed by atoms with Crippen molar-refractivity contribution >= 4 is 5.97 Å². The van der Waals surface area contributed by atoms with E-state index in [-0.39, 0.29) is 6.42 Å². The molecule has 0 amide bonds. The Morgan fingerprint density at radius 1 is 1.52 bits per heavy atom. The molecule has 1 fully saturated rings. The first kappa shape index (κ1) is 15.8. The van der Waals surface area contributed by atoms with E-state index in [1.54, 1.807) is 11.8 Å². The summed E-state index contributed by atoms with van der Waals surface area (Å²) in [4.78, 5) is 13.1. The van der Waals surface area contributed by atoms with Gasteiger partial charge in [0.05, 0.1) is 18.4 Å². The Hall–Kier alpha value is -1.56. The second kappa shape index (κ2) is 6.93. The number of carbonyl (C=O) groups is 1. The predicted molar refractivity (Wildman–Crippen MR) is 79.4 cm³/mol. The number of aryl methyl sites for hydroxylation is 2. The van der Waals surface area contributed by atoms with Gasteiger partial charge in [-0.25, -0.2) is 4.68 Å². The molecule has 0 aliphatic carbocycles. The van der Waals surface area contributed by atoms with Crippen LogP contribution in [0.15, 0.2) is 0 Å². The van der Waals surface area contributed by atoms with Gasteiger partial charge in [0.25, 0.3) is 0 Å². The molecule has 1 unspecified atom stereocenters.